The Kier molecular flexibility index (Phi) is 16.4. The number of piperazine rings is 1. The average Bonchev–Trinajstić information content (AvgIpc) is 3.35. The van der Waals surface area contributed by atoms with Gasteiger partial charge in [0.05, 0.1) is 0 Å². The van der Waals surface area contributed by atoms with E-state index in [1.807, 2.05) is 42.5 Å². The summed E-state index contributed by atoms with van der Waals surface area (Å²) in [5, 5.41) is 3.43. The third-order valence-electron chi connectivity index (χ3n) is 6.57. The monoisotopic (exact) mass is 692 g/mol. The molecule has 0 atom stereocenters. The number of halogens is 1. The van der Waals surface area contributed by atoms with Crippen molar-refractivity contribution < 1.29 is 56.6 Å². The van der Waals surface area contributed by atoms with Gasteiger partial charge in [-0.2, -0.15) is 40.8 Å². The largest absolute Gasteiger partial charge is 0.594 e. The van der Waals surface area contributed by atoms with Crippen LogP contribution in [0.3, 0.4) is 0 Å². The third-order valence-corrected chi connectivity index (χ3v) is 6.57. The molecular formula is C30H37FN6RhY-2. The van der Waals surface area contributed by atoms with E-state index in [0.29, 0.717) is 12.1 Å². The van der Waals surface area contributed by atoms with Gasteiger partial charge in [-0.25, -0.2) is 4.98 Å². The van der Waals surface area contributed by atoms with E-state index >= 15 is 0 Å². The molecule has 3 heterocycles. The van der Waals surface area contributed by atoms with Crippen molar-refractivity contribution in [2.45, 2.75) is 25.9 Å². The maximum absolute atomic E-state index is 14.2. The van der Waals surface area contributed by atoms with Gasteiger partial charge in [0.25, 0.3) is 0 Å². The fourth-order valence-electron chi connectivity index (χ4n) is 4.43. The van der Waals surface area contributed by atoms with Crippen molar-refractivity contribution in [3.63, 3.8) is 0 Å². The molecule has 4 aromatic rings. The zero-order valence-corrected chi connectivity index (χ0v) is 27.1. The Labute approximate surface area is 270 Å². The maximum atomic E-state index is 14.2. The molecule has 1 aliphatic heterocycles. The second-order valence-corrected chi connectivity index (χ2v) is 9.43. The van der Waals surface area contributed by atoms with Crippen molar-refractivity contribution in [3.8, 4) is 0 Å². The molecule has 1 saturated heterocycles. The Bertz CT molecular complexity index is 1160. The first-order valence-corrected chi connectivity index (χ1v) is 13.1. The van der Waals surface area contributed by atoms with Crippen LogP contribution in [0.25, 0.3) is 16.3 Å². The van der Waals surface area contributed by atoms with E-state index in [4.69, 9.17) is 5.43 Å². The smallest absolute Gasteiger partial charge is 0.217 e. The van der Waals surface area contributed by atoms with Crippen molar-refractivity contribution in [1.29, 1.82) is 0 Å². The molecule has 39 heavy (non-hydrogen) atoms. The Morgan fingerprint density at radius 3 is 2.38 bits per heavy atom. The number of nitrogens with one attached hydrogen (secondary N) is 1. The maximum Gasteiger partial charge on any atom is 0.217 e. The molecule has 2 radical (unpaired) electrons. The Balaban J connectivity index is 0.000000591. The van der Waals surface area contributed by atoms with E-state index in [2.05, 4.69) is 62.3 Å². The summed E-state index contributed by atoms with van der Waals surface area (Å²) in [6.45, 7) is 7.27. The van der Waals surface area contributed by atoms with Gasteiger partial charge in [0.1, 0.15) is 0 Å². The summed E-state index contributed by atoms with van der Waals surface area (Å²) in [5.41, 5.74) is 7.76. The minimum Gasteiger partial charge on any atom is -0.594 e. The van der Waals surface area contributed by atoms with Gasteiger partial charge in [0.15, 0.2) is 0 Å². The molecule has 208 valence electrons. The van der Waals surface area contributed by atoms with Crippen LogP contribution in [0.15, 0.2) is 79.1 Å². The van der Waals surface area contributed by atoms with Crippen molar-refractivity contribution >= 4 is 10.9 Å². The molecule has 0 amide bonds. The number of hydrogen-bond donors (Lipinski definition) is 1. The normalized spacial score (nSPS) is 13.8. The molecule has 1 fully saturated rings. The predicted octanol–water partition coefficient (Wildman–Crippen LogP) is 5.50. The number of rotatable bonds is 10. The van der Waals surface area contributed by atoms with Gasteiger partial charge >= 0.3 is 0 Å². The molecule has 0 unspecified atom stereocenters. The fraction of sp³-hybridized carbons (Fsp3) is 0.367. The molecule has 0 spiro atoms. The summed E-state index contributed by atoms with van der Waals surface area (Å²) < 4.78 is 14.2. The van der Waals surface area contributed by atoms with Crippen molar-refractivity contribution in [2.24, 2.45) is 0 Å². The second kappa shape index (κ2) is 18.9. The van der Waals surface area contributed by atoms with E-state index < -0.39 is 0 Å². The summed E-state index contributed by atoms with van der Waals surface area (Å²) in [4.78, 5) is 11.8. The van der Waals surface area contributed by atoms with Crippen molar-refractivity contribution in [2.75, 3.05) is 46.3 Å². The molecule has 0 saturated carbocycles. The number of unbranched alkanes of at least 4 members (excludes halogenated alkanes) is 1. The number of aromatic amines is 1. The molecule has 0 aliphatic carbocycles. The van der Waals surface area contributed by atoms with E-state index in [1.54, 1.807) is 6.07 Å². The molecular weight excluding hydrogens is 655 g/mol. The predicted molar refractivity (Wildman–Crippen MR) is 148 cm³/mol. The molecule has 5 rings (SSSR count). The van der Waals surface area contributed by atoms with Gasteiger partial charge in [0, 0.05) is 107 Å². The van der Waals surface area contributed by atoms with Gasteiger partial charge in [0.2, 0.25) is 5.95 Å². The fourth-order valence-corrected chi connectivity index (χ4v) is 4.43. The topological polar surface area (TPSA) is 52.5 Å². The Morgan fingerprint density at radius 1 is 0.949 bits per heavy atom. The number of benzene rings is 2. The van der Waals surface area contributed by atoms with Crippen LogP contribution in [0, 0.1) is 12.0 Å². The van der Waals surface area contributed by atoms with Crippen molar-refractivity contribution in [3.05, 3.63) is 108 Å². The number of H-pyrrole nitrogens is 1. The summed E-state index contributed by atoms with van der Waals surface area (Å²) in [6.07, 6.45) is 5.64. The van der Waals surface area contributed by atoms with E-state index in [0.717, 1.165) is 64.2 Å². The van der Waals surface area contributed by atoms with E-state index in [1.165, 1.54) is 17.1 Å². The van der Waals surface area contributed by atoms with Crippen molar-refractivity contribution in [1.82, 2.24) is 24.8 Å². The zero-order valence-electron chi connectivity index (χ0n) is 22.6. The van der Waals surface area contributed by atoms with Gasteiger partial charge in [-0.15, -0.1) is 6.54 Å². The first-order chi connectivity index (χ1) is 18.2. The molecule has 1 N–H and O–H groups in total. The average molecular weight is 692 g/mol. The first-order valence-electron chi connectivity index (χ1n) is 13.1. The number of likely N-dealkylation sites (N-methyl/N-ethyl adjacent to an activating group) is 1. The Morgan fingerprint density at radius 2 is 1.69 bits per heavy atom. The number of para-hydroxylation sites is 1. The molecule has 2 aromatic heterocycles. The standard InChI is InChI=1S/C24H32FN6.C6H5.Rh.Y/c1-29-13-15-31(16-14-29)28-11-4-5-12-30(18-20-7-6-10-26-24(20)25)19-21-17-27-23-9-3-2-8-22(21)23;1-2-4-6-5-3-1;;/h2-3,6-10,17,27H,4-5,11-16,18-19H2,1H3;1-5H;;/q2*-1;;. The van der Waals surface area contributed by atoms with Gasteiger partial charge < -0.3 is 20.3 Å². The number of pyridine rings is 1. The number of hydrogen-bond acceptors (Lipinski definition) is 4. The van der Waals surface area contributed by atoms with E-state index in [9.17, 15) is 4.39 Å². The molecule has 9 heteroatoms. The molecule has 6 nitrogen and oxygen atoms in total. The molecule has 2 aromatic carbocycles. The summed E-state index contributed by atoms with van der Waals surface area (Å²) >= 11 is 0. The quantitative estimate of drug-likeness (QED) is 0.103. The molecule has 0 bridgehead atoms. The second-order valence-electron chi connectivity index (χ2n) is 9.43. The van der Waals surface area contributed by atoms with Crippen LogP contribution in [0.1, 0.15) is 24.0 Å². The SMILES string of the molecule is CN1CCN([N-]CCCCN(Cc2cccnc2F)Cc2c[nH]c3ccccc23)CC1.[Rh].[Y].[c-]1ccccc1. The first kappa shape index (κ1) is 33.8. The summed E-state index contributed by atoms with van der Waals surface area (Å²) in [5.74, 6) is -0.378. The number of aromatic nitrogens is 2. The van der Waals surface area contributed by atoms with Gasteiger partial charge in [-0.1, -0.05) is 30.7 Å². The van der Waals surface area contributed by atoms with Crippen LogP contribution in [0.2, 0.25) is 0 Å². The van der Waals surface area contributed by atoms with Crippen LogP contribution in [-0.2, 0) is 65.3 Å². The van der Waals surface area contributed by atoms with Gasteiger partial charge in [-0.05, 0) is 50.8 Å². The summed E-state index contributed by atoms with van der Waals surface area (Å²) in [6, 6.07) is 24.5. The van der Waals surface area contributed by atoms with Crippen LogP contribution >= 0.6 is 0 Å². The van der Waals surface area contributed by atoms with Crippen LogP contribution in [-0.4, -0.2) is 71.1 Å². The van der Waals surface area contributed by atoms with E-state index in [-0.39, 0.29) is 58.1 Å². The van der Waals surface area contributed by atoms with Gasteiger partial charge in [-0.3, -0.25) is 4.90 Å². The zero-order chi connectivity index (χ0) is 25.7. The van der Waals surface area contributed by atoms with Crippen LogP contribution in [0.5, 0.6) is 0 Å². The van der Waals surface area contributed by atoms with Crippen LogP contribution < -0.4 is 0 Å². The number of fused-ring (bicyclic) bond motifs is 1. The summed E-state index contributed by atoms with van der Waals surface area (Å²) in [7, 11) is 2.16. The minimum atomic E-state index is -0.378. The minimum absolute atomic E-state index is 0. The Hall–Kier alpha value is -1.37. The third kappa shape index (κ3) is 11.6. The number of nitrogens with zero attached hydrogens (tertiary/aromatic N) is 5. The van der Waals surface area contributed by atoms with Crippen LogP contribution in [0.4, 0.5) is 4.39 Å². The molecule has 1 aliphatic rings.